The molecule has 0 aliphatic carbocycles. The number of nitrogens with two attached hydrogens (primary N) is 1. The van der Waals surface area contributed by atoms with Gasteiger partial charge in [0.25, 0.3) is 0 Å². The fraction of sp³-hybridized carbons (Fsp3) is 0.750. The van der Waals surface area contributed by atoms with Crippen LogP contribution in [-0.4, -0.2) is 20.3 Å². The van der Waals surface area contributed by atoms with Crippen molar-refractivity contribution in [3.8, 4) is 0 Å². The number of aryl methyl sites for hydroxylation is 1. The van der Waals surface area contributed by atoms with Crippen molar-refractivity contribution in [3.05, 3.63) is 5.82 Å². The number of rotatable bonds is 2. The van der Waals surface area contributed by atoms with Crippen LogP contribution in [-0.2, 0) is 6.42 Å². The molecule has 0 atom stereocenters. The van der Waals surface area contributed by atoms with Crippen molar-refractivity contribution in [3.63, 3.8) is 0 Å². The van der Waals surface area contributed by atoms with Crippen LogP contribution in [0.4, 0.5) is 0 Å². The van der Waals surface area contributed by atoms with E-state index in [1.165, 1.54) is 4.79 Å². The molecular weight excluding hydrogens is 118 g/mol. The summed E-state index contributed by atoms with van der Waals surface area (Å²) in [6.45, 7) is 2.05. The maximum atomic E-state index is 5.31. The van der Waals surface area contributed by atoms with Crippen LogP contribution >= 0.6 is 0 Å². The Hall–Kier alpha value is -1.13. The number of hydrogen-bond donors (Lipinski definition) is 1. The predicted molar refractivity (Wildman–Crippen MR) is 32.0 cm³/mol. The summed E-state index contributed by atoms with van der Waals surface area (Å²) in [5, 5.41) is 10.5. The molecule has 0 saturated carbocycles. The molecule has 0 amide bonds. The van der Waals surface area contributed by atoms with Crippen molar-refractivity contribution < 1.29 is 0 Å². The van der Waals surface area contributed by atoms with Gasteiger partial charge in [-0.05, 0) is 16.8 Å². The van der Waals surface area contributed by atoms with Crippen LogP contribution in [0.5, 0.6) is 0 Å². The zero-order valence-corrected chi connectivity index (χ0v) is 5.28. The van der Waals surface area contributed by atoms with Crippen LogP contribution in [0.2, 0.25) is 0 Å². The molecule has 0 bridgehead atoms. The number of nitrogens with zero attached hydrogens (tertiary/aromatic N) is 4. The summed E-state index contributed by atoms with van der Waals surface area (Å²) in [6.07, 6.45) is 1.85. The SMILES string of the molecule is CCCc1nnnn1N. The molecule has 1 aromatic heterocycles. The van der Waals surface area contributed by atoms with Gasteiger partial charge in [-0.15, -0.1) is 9.89 Å². The second-order valence-electron chi connectivity index (χ2n) is 1.79. The summed E-state index contributed by atoms with van der Waals surface area (Å²) in [5.41, 5.74) is 0. The lowest BCUT2D eigenvalue weighted by Crippen LogP contribution is -2.14. The summed E-state index contributed by atoms with van der Waals surface area (Å²) < 4.78 is 0. The van der Waals surface area contributed by atoms with Gasteiger partial charge in [0.2, 0.25) is 0 Å². The summed E-state index contributed by atoms with van der Waals surface area (Å²) in [6, 6.07) is 0. The Morgan fingerprint density at radius 3 is 2.89 bits per heavy atom. The van der Waals surface area contributed by atoms with E-state index in [0.29, 0.717) is 0 Å². The van der Waals surface area contributed by atoms with Crippen LogP contribution < -0.4 is 5.84 Å². The van der Waals surface area contributed by atoms with Gasteiger partial charge in [-0.25, -0.2) is 0 Å². The average molecular weight is 127 g/mol. The summed E-state index contributed by atoms with van der Waals surface area (Å²) >= 11 is 0. The van der Waals surface area contributed by atoms with Gasteiger partial charge in [-0.1, -0.05) is 6.92 Å². The second kappa shape index (κ2) is 2.43. The first-order chi connectivity index (χ1) is 4.34. The Morgan fingerprint density at radius 1 is 1.67 bits per heavy atom. The Morgan fingerprint density at radius 2 is 2.44 bits per heavy atom. The predicted octanol–water partition coefficient (Wildman–Crippen LogP) is -0.661. The van der Waals surface area contributed by atoms with Crippen LogP contribution in [0.15, 0.2) is 0 Å². The fourth-order valence-corrected chi connectivity index (χ4v) is 0.600. The van der Waals surface area contributed by atoms with Crippen LogP contribution in [0.1, 0.15) is 19.2 Å². The van der Waals surface area contributed by atoms with E-state index in [1.807, 2.05) is 0 Å². The van der Waals surface area contributed by atoms with E-state index in [4.69, 9.17) is 5.84 Å². The van der Waals surface area contributed by atoms with Gasteiger partial charge in [0, 0.05) is 6.42 Å². The largest absolute Gasteiger partial charge is 0.320 e. The minimum absolute atomic E-state index is 0.734. The van der Waals surface area contributed by atoms with Crippen molar-refractivity contribution >= 4 is 0 Å². The second-order valence-corrected chi connectivity index (χ2v) is 1.79. The average Bonchev–Trinajstić information content (AvgIpc) is 2.18. The first-order valence-corrected chi connectivity index (χ1v) is 2.87. The third-order valence-electron chi connectivity index (χ3n) is 1.03. The van der Waals surface area contributed by atoms with Gasteiger partial charge >= 0.3 is 0 Å². The highest BCUT2D eigenvalue weighted by atomic mass is 15.6. The number of aromatic nitrogens is 4. The third-order valence-corrected chi connectivity index (χ3v) is 1.03. The van der Waals surface area contributed by atoms with Crippen LogP contribution in [0.3, 0.4) is 0 Å². The van der Waals surface area contributed by atoms with E-state index in [1.54, 1.807) is 0 Å². The Kier molecular flexibility index (Phi) is 1.62. The molecule has 50 valence electrons. The molecule has 0 spiro atoms. The molecule has 0 aliphatic rings. The van der Waals surface area contributed by atoms with E-state index >= 15 is 0 Å². The van der Waals surface area contributed by atoms with E-state index < -0.39 is 0 Å². The smallest absolute Gasteiger partial charge is 0.174 e. The number of nitrogen functional groups attached to an aromatic ring is 1. The molecule has 1 aromatic rings. The minimum Gasteiger partial charge on any atom is -0.320 e. The van der Waals surface area contributed by atoms with Gasteiger partial charge in [-0.3, -0.25) is 0 Å². The highest BCUT2D eigenvalue weighted by Gasteiger charge is 1.98. The quantitative estimate of drug-likeness (QED) is 0.535. The molecule has 5 heteroatoms. The Labute approximate surface area is 52.8 Å². The first-order valence-electron chi connectivity index (χ1n) is 2.87. The molecular formula is C4H9N5. The van der Waals surface area contributed by atoms with Gasteiger partial charge in [-0.2, -0.15) is 0 Å². The topological polar surface area (TPSA) is 69.6 Å². The number of tetrazole rings is 1. The lowest BCUT2D eigenvalue weighted by atomic mass is 10.3. The summed E-state index contributed by atoms with van der Waals surface area (Å²) in [5.74, 6) is 6.04. The van der Waals surface area contributed by atoms with Gasteiger partial charge in [0.05, 0.1) is 0 Å². The molecule has 9 heavy (non-hydrogen) atoms. The number of hydrogen-bond acceptors (Lipinski definition) is 4. The molecule has 0 radical (unpaired) electrons. The first kappa shape index (κ1) is 6.00. The Bertz CT molecular complexity index is 181. The van der Waals surface area contributed by atoms with Crippen molar-refractivity contribution in [2.24, 2.45) is 0 Å². The monoisotopic (exact) mass is 127 g/mol. The fourth-order valence-electron chi connectivity index (χ4n) is 0.600. The van der Waals surface area contributed by atoms with Crippen LogP contribution in [0, 0.1) is 0 Å². The molecule has 0 fully saturated rings. The van der Waals surface area contributed by atoms with Crippen molar-refractivity contribution in [1.82, 2.24) is 20.3 Å². The van der Waals surface area contributed by atoms with Gasteiger partial charge in [0.15, 0.2) is 5.82 Å². The summed E-state index contributed by atoms with van der Waals surface area (Å²) in [4.78, 5) is 1.20. The van der Waals surface area contributed by atoms with E-state index in [9.17, 15) is 0 Å². The zero-order valence-electron chi connectivity index (χ0n) is 5.28. The maximum Gasteiger partial charge on any atom is 0.174 e. The Balaban J connectivity index is 2.69. The van der Waals surface area contributed by atoms with Gasteiger partial charge in [0.1, 0.15) is 0 Å². The molecule has 5 nitrogen and oxygen atoms in total. The molecule has 2 N–H and O–H groups in total. The van der Waals surface area contributed by atoms with Crippen molar-refractivity contribution in [2.75, 3.05) is 5.84 Å². The van der Waals surface area contributed by atoms with E-state index in [-0.39, 0.29) is 0 Å². The highest BCUT2D eigenvalue weighted by Crippen LogP contribution is 1.90. The normalized spacial score (nSPS) is 9.89. The lowest BCUT2D eigenvalue weighted by molar-refractivity contribution is 0.712. The standard InChI is InChI=1S/C4H9N5/c1-2-3-4-6-7-8-9(4)5/h2-3,5H2,1H3. The lowest BCUT2D eigenvalue weighted by Gasteiger charge is -1.91. The third kappa shape index (κ3) is 1.16. The molecule has 1 rings (SSSR count). The van der Waals surface area contributed by atoms with Crippen molar-refractivity contribution in [2.45, 2.75) is 19.8 Å². The molecule has 0 aromatic carbocycles. The highest BCUT2D eigenvalue weighted by molar-refractivity contribution is 4.78. The molecule has 0 unspecified atom stereocenters. The molecule has 0 saturated heterocycles. The summed E-state index contributed by atoms with van der Waals surface area (Å²) in [7, 11) is 0. The van der Waals surface area contributed by atoms with Crippen LogP contribution in [0.25, 0.3) is 0 Å². The van der Waals surface area contributed by atoms with E-state index in [0.717, 1.165) is 18.7 Å². The van der Waals surface area contributed by atoms with E-state index in [2.05, 4.69) is 22.4 Å². The van der Waals surface area contributed by atoms with Crippen molar-refractivity contribution in [1.29, 1.82) is 0 Å². The zero-order chi connectivity index (χ0) is 6.69. The minimum atomic E-state index is 0.734. The maximum absolute atomic E-state index is 5.31. The molecule has 0 aliphatic heterocycles. The molecule has 1 heterocycles. The van der Waals surface area contributed by atoms with Gasteiger partial charge < -0.3 is 5.84 Å².